The number of amidine groups is 1. The van der Waals surface area contributed by atoms with Crippen LogP contribution in [0.5, 0.6) is 0 Å². The summed E-state index contributed by atoms with van der Waals surface area (Å²) >= 11 is 0.706. The fourth-order valence-electron chi connectivity index (χ4n) is 2.14. The molecule has 1 fully saturated rings. The summed E-state index contributed by atoms with van der Waals surface area (Å²) in [7, 11) is 1.32. The Balaban J connectivity index is 2.89. The molecule has 156 valence electrons. The summed E-state index contributed by atoms with van der Waals surface area (Å²) < 4.78 is 52.2. The number of nitrogens with zero attached hydrogens (tertiary/aromatic N) is 2. The maximum Gasteiger partial charge on any atom is 0.508 e. The number of aliphatic hydroxyl groups excluding tert-OH is 3. The van der Waals surface area contributed by atoms with Crippen molar-refractivity contribution in [1.82, 2.24) is 9.57 Å². The van der Waals surface area contributed by atoms with E-state index in [1.54, 1.807) is 20.8 Å². The van der Waals surface area contributed by atoms with Crippen LogP contribution in [0, 0.1) is 0 Å². The largest absolute Gasteiger partial charge is 0.508 e. The minimum atomic E-state index is -5.05. The summed E-state index contributed by atoms with van der Waals surface area (Å²) in [5.41, 5.74) is -1.91. The van der Waals surface area contributed by atoms with E-state index in [1.165, 1.54) is 7.05 Å². The first-order valence-electron chi connectivity index (χ1n) is 7.90. The Hall–Kier alpha value is -1.30. The van der Waals surface area contributed by atoms with Gasteiger partial charge in [-0.2, -0.15) is 18.0 Å². The third-order valence-corrected chi connectivity index (χ3v) is 4.63. The average molecular weight is 417 g/mol. The molecule has 0 spiro atoms. The molecule has 5 atom stereocenters. The van der Waals surface area contributed by atoms with E-state index < -0.39 is 47.7 Å². The van der Waals surface area contributed by atoms with E-state index in [0.29, 0.717) is 11.8 Å². The van der Waals surface area contributed by atoms with Crippen LogP contribution in [0.15, 0.2) is 0 Å². The summed E-state index contributed by atoms with van der Waals surface area (Å²) in [5.74, 6) is 0. The number of thioether (sulfide) groups is 1. The number of amides is 1. The van der Waals surface area contributed by atoms with Gasteiger partial charge in [0, 0.05) is 18.2 Å². The molecule has 0 aliphatic carbocycles. The van der Waals surface area contributed by atoms with Crippen molar-refractivity contribution in [2.75, 3.05) is 7.05 Å². The molecule has 0 radical (unpaired) electrons. The smallest absolute Gasteiger partial charge is 0.425 e. The number of rotatable bonds is 2. The molecule has 1 aliphatic rings. The molecule has 12 heteroatoms. The summed E-state index contributed by atoms with van der Waals surface area (Å²) in [6.45, 7) is 8.25. The molecule has 3 N–H and O–H groups in total. The van der Waals surface area contributed by atoms with E-state index in [1.807, 2.05) is 0 Å². The van der Waals surface area contributed by atoms with E-state index in [2.05, 4.69) is 11.4 Å². The molecule has 0 aromatic carbocycles. The van der Waals surface area contributed by atoms with E-state index in [9.17, 15) is 33.3 Å². The Kier molecular flexibility index (Phi) is 7.74. The van der Waals surface area contributed by atoms with Crippen LogP contribution < -0.4 is 4.67 Å². The van der Waals surface area contributed by atoms with Gasteiger partial charge in [0.25, 0.3) is 0 Å². The Labute approximate surface area is 158 Å². The molecule has 0 bridgehead atoms. The van der Waals surface area contributed by atoms with Crippen LogP contribution in [-0.2, 0) is 9.47 Å². The second kappa shape index (κ2) is 8.80. The molecular formula is C15H24F3N2O6S+. The van der Waals surface area contributed by atoms with Crippen LogP contribution >= 0.6 is 11.8 Å². The van der Waals surface area contributed by atoms with E-state index in [4.69, 9.17) is 9.47 Å². The standard InChI is InChI=1S/C15H24F3N2O6S/c1-14(2,3)26-13(24)20(5)12(19-4)27-8-6-7(21)9(22)10(25-8)11(23)15(16,17)18/h7-11,21-23H,4,6H2,1-3,5H3/q+1/t7-,8-,9+,10+,11-/m1/s1. The molecule has 1 amide bonds. The van der Waals surface area contributed by atoms with Gasteiger partial charge < -0.3 is 24.8 Å². The second-order valence-electron chi connectivity index (χ2n) is 6.91. The van der Waals surface area contributed by atoms with E-state index in [-0.39, 0.29) is 11.6 Å². The molecule has 1 aliphatic heterocycles. The van der Waals surface area contributed by atoms with Gasteiger partial charge in [0.1, 0.15) is 23.2 Å². The van der Waals surface area contributed by atoms with Gasteiger partial charge in [-0.15, -0.1) is 4.90 Å². The highest BCUT2D eigenvalue weighted by molar-refractivity contribution is 8.14. The minimum absolute atomic E-state index is 0.0434. The highest BCUT2D eigenvalue weighted by Crippen LogP contribution is 2.34. The molecule has 0 saturated carbocycles. The molecule has 0 unspecified atom stereocenters. The Morgan fingerprint density at radius 2 is 1.93 bits per heavy atom. The highest BCUT2D eigenvalue weighted by Gasteiger charge is 2.52. The summed E-state index contributed by atoms with van der Waals surface area (Å²) in [6, 6.07) is 0. The monoisotopic (exact) mass is 417 g/mol. The lowest BCUT2D eigenvalue weighted by atomic mass is 9.98. The summed E-state index contributed by atoms with van der Waals surface area (Å²) in [5, 5.41) is 28.9. The highest BCUT2D eigenvalue weighted by atomic mass is 32.2. The topological polar surface area (TPSA) is 114 Å². The van der Waals surface area contributed by atoms with Crippen molar-refractivity contribution in [2.45, 2.75) is 68.8 Å². The summed E-state index contributed by atoms with van der Waals surface area (Å²) in [6.07, 6.45) is -14.7. The number of carbonyl (C=O) groups excluding carboxylic acids is 1. The number of hydrogen-bond acceptors (Lipinski definition) is 7. The van der Waals surface area contributed by atoms with Gasteiger partial charge in [0.05, 0.1) is 13.2 Å². The van der Waals surface area contributed by atoms with Crippen LogP contribution in [0.4, 0.5) is 18.0 Å². The van der Waals surface area contributed by atoms with Gasteiger partial charge in [0.15, 0.2) is 12.8 Å². The van der Waals surface area contributed by atoms with Crippen molar-refractivity contribution in [3.63, 3.8) is 0 Å². The first kappa shape index (κ1) is 23.7. The zero-order valence-electron chi connectivity index (χ0n) is 15.3. The van der Waals surface area contributed by atoms with E-state index in [0.717, 1.165) is 4.90 Å². The number of alkyl halides is 3. The van der Waals surface area contributed by atoms with Gasteiger partial charge in [-0.25, -0.2) is 4.67 Å². The van der Waals surface area contributed by atoms with Gasteiger partial charge in [0.2, 0.25) is 0 Å². The van der Waals surface area contributed by atoms with Crippen molar-refractivity contribution in [3.05, 3.63) is 0 Å². The fraction of sp³-hybridized carbons (Fsp3) is 0.800. The Morgan fingerprint density at radius 3 is 2.37 bits per heavy atom. The SMILES string of the molecule is C=[N+]=C(S[C@@H]1C[C@@H](O)[C@H](O)[C@@H]([C@@H](O)C(F)(F)F)O1)N(C)C(=O)OC(C)(C)C. The first-order valence-corrected chi connectivity index (χ1v) is 8.78. The van der Waals surface area contributed by atoms with E-state index >= 15 is 0 Å². The molecule has 1 rings (SSSR count). The third kappa shape index (κ3) is 6.66. The molecule has 1 heterocycles. The van der Waals surface area contributed by atoms with Crippen molar-refractivity contribution >= 4 is 29.7 Å². The van der Waals surface area contributed by atoms with Gasteiger partial charge >= 0.3 is 17.4 Å². The van der Waals surface area contributed by atoms with Gasteiger partial charge in [-0.1, -0.05) is 0 Å². The predicted molar refractivity (Wildman–Crippen MR) is 93.2 cm³/mol. The molecular weight excluding hydrogens is 393 g/mol. The van der Waals surface area contributed by atoms with Crippen molar-refractivity contribution in [3.8, 4) is 0 Å². The van der Waals surface area contributed by atoms with Crippen LogP contribution in [0.2, 0.25) is 0 Å². The maximum atomic E-state index is 12.7. The van der Waals surface area contributed by atoms with Crippen LogP contribution in [0.25, 0.3) is 0 Å². The van der Waals surface area contributed by atoms with Crippen molar-refractivity contribution in [2.24, 2.45) is 0 Å². The number of carbonyl (C=O) groups is 1. The van der Waals surface area contributed by atoms with Crippen LogP contribution in [-0.4, -0.2) is 86.9 Å². The van der Waals surface area contributed by atoms with Gasteiger partial charge in [-0.3, -0.25) is 0 Å². The number of halogens is 3. The minimum Gasteiger partial charge on any atom is -0.425 e. The average Bonchev–Trinajstić information content (AvgIpc) is 2.51. The second-order valence-corrected chi connectivity index (χ2v) is 8.03. The predicted octanol–water partition coefficient (Wildman–Crippen LogP) is 0.470. The normalized spacial score (nSPS) is 27.5. The third-order valence-electron chi connectivity index (χ3n) is 3.45. The van der Waals surface area contributed by atoms with Gasteiger partial charge in [-0.05, 0) is 20.8 Å². The number of aliphatic hydroxyl groups is 3. The molecule has 0 aromatic rings. The van der Waals surface area contributed by atoms with Crippen LogP contribution in [0.3, 0.4) is 0 Å². The molecule has 1 saturated heterocycles. The van der Waals surface area contributed by atoms with Crippen molar-refractivity contribution in [1.29, 1.82) is 0 Å². The zero-order chi connectivity index (χ0) is 21.2. The fourth-order valence-corrected chi connectivity index (χ4v) is 3.16. The number of ether oxygens (including phenoxy) is 2. The maximum absolute atomic E-state index is 12.7. The lowest BCUT2D eigenvalue weighted by Gasteiger charge is -2.38. The Bertz CT molecular complexity index is 591. The molecule has 8 nitrogen and oxygen atoms in total. The zero-order valence-corrected chi connectivity index (χ0v) is 16.1. The lowest BCUT2D eigenvalue weighted by Crippen LogP contribution is -2.56. The molecule has 0 aromatic heterocycles. The van der Waals surface area contributed by atoms with Crippen LogP contribution in [0.1, 0.15) is 27.2 Å². The Morgan fingerprint density at radius 1 is 1.37 bits per heavy atom. The lowest BCUT2D eigenvalue weighted by molar-refractivity contribution is -0.269. The first-order chi connectivity index (χ1) is 12.2. The van der Waals surface area contributed by atoms with Crippen molar-refractivity contribution < 1.29 is 42.8 Å². The number of hydrogen-bond donors (Lipinski definition) is 3. The quantitative estimate of drug-likeness (QED) is 0.340. The summed E-state index contributed by atoms with van der Waals surface area (Å²) in [4.78, 5) is 13.1. The molecule has 27 heavy (non-hydrogen) atoms.